The summed E-state index contributed by atoms with van der Waals surface area (Å²) in [5, 5.41) is 14.0. The highest BCUT2D eigenvalue weighted by Crippen LogP contribution is 2.16. The first-order valence-corrected chi connectivity index (χ1v) is 6.68. The van der Waals surface area contributed by atoms with Crippen molar-refractivity contribution in [3.63, 3.8) is 0 Å². The number of carboxylic acid groups (broad SMARTS) is 1. The number of nitrogens with one attached hydrogen (secondary N) is 2. The normalized spacial score (nSPS) is 16.8. The van der Waals surface area contributed by atoms with Crippen molar-refractivity contribution in [2.45, 2.75) is 31.7 Å². The molecular weight excluding hydrogens is 228 g/mol. The molecular formula is C10H18N2O3S. The van der Waals surface area contributed by atoms with Gasteiger partial charge in [0.1, 0.15) is 0 Å². The lowest BCUT2D eigenvalue weighted by Gasteiger charge is -2.22. The summed E-state index contributed by atoms with van der Waals surface area (Å²) in [6.07, 6.45) is 2.62. The predicted octanol–water partition coefficient (Wildman–Crippen LogP) is 1.05. The van der Waals surface area contributed by atoms with Gasteiger partial charge in [0, 0.05) is 19.0 Å². The second-order valence-electron chi connectivity index (χ2n) is 3.78. The Balaban J connectivity index is 2.03. The maximum Gasteiger partial charge on any atom is 0.315 e. The first-order valence-electron chi connectivity index (χ1n) is 5.52. The molecule has 1 aliphatic heterocycles. The van der Waals surface area contributed by atoms with Crippen LogP contribution in [0.1, 0.15) is 25.7 Å². The maximum absolute atomic E-state index is 11.4. The van der Waals surface area contributed by atoms with E-state index >= 15 is 0 Å². The highest BCUT2D eigenvalue weighted by Gasteiger charge is 2.15. The summed E-state index contributed by atoms with van der Waals surface area (Å²) in [6, 6.07) is 0.100. The fourth-order valence-electron chi connectivity index (χ4n) is 1.52. The molecule has 0 radical (unpaired) electrons. The van der Waals surface area contributed by atoms with Gasteiger partial charge in [-0.25, -0.2) is 4.79 Å². The van der Waals surface area contributed by atoms with Crippen LogP contribution in [0.15, 0.2) is 0 Å². The van der Waals surface area contributed by atoms with Gasteiger partial charge in [0.05, 0.1) is 0 Å². The van der Waals surface area contributed by atoms with E-state index in [4.69, 9.17) is 5.11 Å². The second kappa shape index (κ2) is 7.38. The summed E-state index contributed by atoms with van der Waals surface area (Å²) in [4.78, 5) is 21.6. The van der Waals surface area contributed by atoms with Crippen molar-refractivity contribution < 1.29 is 14.7 Å². The molecule has 0 unspecified atom stereocenters. The molecule has 5 nitrogen and oxygen atoms in total. The van der Waals surface area contributed by atoms with Crippen LogP contribution >= 0.6 is 11.8 Å². The van der Waals surface area contributed by atoms with E-state index in [1.807, 2.05) is 11.8 Å². The van der Waals surface area contributed by atoms with Gasteiger partial charge in [0.25, 0.3) is 0 Å². The van der Waals surface area contributed by atoms with Crippen molar-refractivity contribution in [3.8, 4) is 0 Å². The fraction of sp³-hybridized carbons (Fsp3) is 0.800. The molecule has 0 spiro atoms. The molecule has 1 saturated heterocycles. The van der Waals surface area contributed by atoms with Crippen LogP contribution in [0.4, 0.5) is 4.79 Å². The largest absolute Gasteiger partial charge is 0.481 e. The van der Waals surface area contributed by atoms with Crippen molar-refractivity contribution in [1.29, 1.82) is 0 Å². The zero-order valence-corrected chi connectivity index (χ0v) is 10.0. The lowest BCUT2D eigenvalue weighted by atomic mass is 10.2. The lowest BCUT2D eigenvalue weighted by molar-refractivity contribution is -0.137. The molecule has 0 atom stereocenters. The lowest BCUT2D eigenvalue weighted by Crippen LogP contribution is -2.43. The van der Waals surface area contributed by atoms with Gasteiger partial charge in [-0.3, -0.25) is 4.79 Å². The van der Waals surface area contributed by atoms with Crippen LogP contribution in [0.5, 0.6) is 0 Å². The van der Waals surface area contributed by atoms with Gasteiger partial charge in [-0.05, 0) is 30.8 Å². The molecule has 0 saturated carbocycles. The molecule has 0 aromatic rings. The summed E-state index contributed by atoms with van der Waals surface area (Å²) in [6.45, 7) is 0.416. The van der Waals surface area contributed by atoms with E-state index in [-0.39, 0.29) is 18.5 Å². The number of aliphatic carboxylic acids is 1. The van der Waals surface area contributed by atoms with E-state index in [0.29, 0.717) is 13.0 Å². The van der Waals surface area contributed by atoms with E-state index < -0.39 is 5.97 Å². The molecule has 6 heteroatoms. The molecule has 16 heavy (non-hydrogen) atoms. The first kappa shape index (κ1) is 13.2. The zero-order chi connectivity index (χ0) is 11.8. The summed E-state index contributed by atoms with van der Waals surface area (Å²) in [5.74, 6) is 1.38. The Morgan fingerprint density at radius 1 is 1.31 bits per heavy atom. The summed E-state index contributed by atoms with van der Waals surface area (Å²) >= 11 is 1.91. The number of carbonyl (C=O) groups excluding carboxylic acids is 1. The highest BCUT2D eigenvalue weighted by atomic mass is 32.2. The Morgan fingerprint density at radius 2 is 2.00 bits per heavy atom. The van der Waals surface area contributed by atoms with Gasteiger partial charge in [0.2, 0.25) is 0 Å². The van der Waals surface area contributed by atoms with Gasteiger partial charge in [0.15, 0.2) is 0 Å². The molecule has 0 aromatic carbocycles. The first-order chi connectivity index (χ1) is 7.68. The van der Waals surface area contributed by atoms with Gasteiger partial charge >= 0.3 is 12.0 Å². The van der Waals surface area contributed by atoms with Crippen LogP contribution < -0.4 is 10.6 Å². The fourth-order valence-corrected chi connectivity index (χ4v) is 2.63. The van der Waals surface area contributed by atoms with Crippen LogP contribution in [-0.2, 0) is 4.79 Å². The van der Waals surface area contributed by atoms with Crippen LogP contribution in [0.3, 0.4) is 0 Å². The van der Waals surface area contributed by atoms with Crippen LogP contribution in [0.25, 0.3) is 0 Å². The Kier molecular flexibility index (Phi) is 6.07. The monoisotopic (exact) mass is 246 g/mol. The van der Waals surface area contributed by atoms with E-state index in [1.54, 1.807) is 0 Å². The number of carboxylic acids is 1. The van der Waals surface area contributed by atoms with Gasteiger partial charge in [-0.15, -0.1) is 0 Å². The van der Waals surface area contributed by atoms with Crippen molar-refractivity contribution in [3.05, 3.63) is 0 Å². The Labute approximate surface area is 99.4 Å². The minimum Gasteiger partial charge on any atom is -0.481 e. The van der Waals surface area contributed by atoms with Crippen LogP contribution in [0.2, 0.25) is 0 Å². The number of hydrogen-bond donors (Lipinski definition) is 3. The van der Waals surface area contributed by atoms with E-state index in [2.05, 4.69) is 10.6 Å². The summed E-state index contributed by atoms with van der Waals surface area (Å²) in [5.41, 5.74) is 0. The number of hydrogen-bond acceptors (Lipinski definition) is 3. The molecule has 0 bridgehead atoms. The standard InChI is InChI=1S/C10H18N2O3S/c13-9(14)2-1-5-11-10(15)12-8-3-6-16-7-4-8/h8H,1-7H2,(H,13,14)(H2,11,12,15). The molecule has 1 heterocycles. The molecule has 1 rings (SSSR count). The average molecular weight is 246 g/mol. The predicted molar refractivity (Wildman–Crippen MR) is 63.8 cm³/mol. The number of thioether (sulfide) groups is 1. The minimum atomic E-state index is -0.827. The molecule has 1 aliphatic rings. The van der Waals surface area contributed by atoms with Crippen LogP contribution in [0, 0.1) is 0 Å². The molecule has 3 N–H and O–H groups in total. The minimum absolute atomic E-state index is 0.0976. The van der Waals surface area contributed by atoms with E-state index in [9.17, 15) is 9.59 Å². The summed E-state index contributed by atoms with van der Waals surface area (Å²) in [7, 11) is 0. The quantitative estimate of drug-likeness (QED) is 0.633. The zero-order valence-electron chi connectivity index (χ0n) is 9.20. The van der Waals surface area contributed by atoms with Gasteiger partial charge in [-0.2, -0.15) is 11.8 Å². The highest BCUT2D eigenvalue weighted by molar-refractivity contribution is 7.99. The third kappa shape index (κ3) is 5.85. The van der Waals surface area contributed by atoms with Crippen LogP contribution in [-0.4, -0.2) is 41.2 Å². The number of amides is 2. The molecule has 0 aliphatic carbocycles. The van der Waals surface area contributed by atoms with Crippen molar-refractivity contribution in [2.24, 2.45) is 0 Å². The van der Waals surface area contributed by atoms with E-state index in [0.717, 1.165) is 24.3 Å². The second-order valence-corrected chi connectivity index (χ2v) is 5.01. The number of rotatable bonds is 5. The Hall–Kier alpha value is -0.910. The number of urea groups is 1. The van der Waals surface area contributed by atoms with Gasteiger partial charge < -0.3 is 15.7 Å². The third-order valence-electron chi connectivity index (χ3n) is 2.41. The Bertz CT molecular complexity index is 242. The molecule has 0 aromatic heterocycles. The summed E-state index contributed by atoms with van der Waals surface area (Å²) < 4.78 is 0. The van der Waals surface area contributed by atoms with Crippen molar-refractivity contribution >= 4 is 23.8 Å². The smallest absolute Gasteiger partial charge is 0.315 e. The topological polar surface area (TPSA) is 78.4 Å². The molecule has 92 valence electrons. The van der Waals surface area contributed by atoms with Crippen molar-refractivity contribution in [1.82, 2.24) is 10.6 Å². The maximum atomic E-state index is 11.4. The SMILES string of the molecule is O=C(O)CCCNC(=O)NC1CCSCC1. The Morgan fingerprint density at radius 3 is 2.62 bits per heavy atom. The van der Waals surface area contributed by atoms with Crippen molar-refractivity contribution in [2.75, 3.05) is 18.1 Å². The molecule has 2 amide bonds. The molecule has 1 fully saturated rings. The van der Waals surface area contributed by atoms with E-state index in [1.165, 1.54) is 0 Å². The van der Waals surface area contributed by atoms with Gasteiger partial charge in [-0.1, -0.05) is 0 Å². The average Bonchev–Trinajstić information content (AvgIpc) is 2.25. The number of carbonyl (C=O) groups is 2. The third-order valence-corrected chi connectivity index (χ3v) is 3.46.